The van der Waals surface area contributed by atoms with Crippen LogP contribution < -0.4 is 5.32 Å². The van der Waals surface area contributed by atoms with E-state index in [0.29, 0.717) is 0 Å². The van der Waals surface area contributed by atoms with Crippen molar-refractivity contribution in [3.63, 3.8) is 0 Å². The van der Waals surface area contributed by atoms with Gasteiger partial charge in [-0.3, -0.25) is 4.79 Å². The molecule has 1 amide bonds. The second kappa shape index (κ2) is 9.16. The summed E-state index contributed by atoms with van der Waals surface area (Å²) < 4.78 is 29.5. The normalized spacial score (nSPS) is 17.2. The zero-order valence-electron chi connectivity index (χ0n) is 15.4. The average molecular weight is 381 g/mol. The van der Waals surface area contributed by atoms with E-state index in [1.807, 2.05) is 0 Å². The molecule has 0 heterocycles. The van der Waals surface area contributed by atoms with Crippen molar-refractivity contribution in [1.29, 1.82) is 0 Å². The Bertz CT molecular complexity index is 736. The summed E-state index contributed by atoms with van der Waals surface area (Å²) >= 11 is 0. The highest BCUT2D eigenvalue weighted by molar-refractivity contribution is 7.91. The van der Waals surface area contributed by atoms with E-state index in [2.05, 4.69) is 5.32 Å². The molecule has 0 saturated heterocycles. The first-order valence-corrected chi connectivity index (χ1v) is 10.8. The monoisotopic (exact) mass is 381 g/mol. The number of hydrogen-bond donors (Lipinski definition) is 1. The smallest absolute Gasteiger partial charge is 0.340 e. The Hall–Kier alpha value is -1.89. The lowest BCUT2D eigenvalue weighted by Crippen LogP contribution is -2.42. The summed E-state index contributed by atoms with van der Waals surface area (Å²) in [6, 6.07) is 6.02. The lowest BCUT2D eigenvalue weighted by Gasteiger charge is -2.20. The number of rotatable bonds is 6. The molecule has 1 aromatic rings. The predicted molar refractivity (Wildman–Crippen MR) is 98.7 cm³/mol. The Morgan fingerprint density at radius 3 is 2.38 bits per heavy atom. The number of amides is 1. The van der Waals surface area contributed by atoms with Crippen LogP contribution in [0.2, 0.25) is 0 Å². The Labute approximate surface area is 155 Å². The van der Waals surface area contributed by atoms with Crippen LogP contribution in [0.25, 0.3) is 0 Å². The standard InChI is InChI=1S/C19H27NO5S/c1-3-26(23,24)17-13-9-8-12-16(17)19(22)25-14(2)18(21)20-15-10-6-4-5-7-11-15/h8-9,12-15H,3-7,10-11H2,1-2H3,(H,20,21)/t14-/m0/s1. The van der Waals surface area contributed by atoms with Crippen LogP contribution in [0, 0.1) is 0 Å². The molecule has 0 radical (unpaired) electrons. The molecule has 1 aliphatic carbocycles. The van der Waals surface area contributed by atoms with Crippen molar-refractivity contribution >= 4 is 21.7 Å². The predicted octanol–water partition coefficient (Wildman–Crippen LogP) is 2.86. The van der Waals surface area contributed by atoms with Gasteiger partial charge in [0.25, 0.3) is 5.91 Å². The van der Waals surface area contributed by atoms with Crippen molar-refractivity contribution in [2.24, 2.45) is 0 Å². The number of benzene rings is 1. The summed E-state index contributed by atoms with van der Waals surface area (Å²) in [5.41, 5.74) is -0.0385. The summed E-state index contributed by atoms with van der Waals surface area (Å²) in [6.45, 7) is 3.02. The second-order valence-electron chi connectivity index (χ2n) is 6.64. The van der Waals surface area contributed by atoms with E-state index in [0.717, 1.165) is 25.7 Å². The molecule has 1 fully saturated rings. The van der Waals surface area contributed by atoms with Gasteiger partial charge in [0.1, 0.15) is 0 Å². The number of sulfone groups is 1. The summed E-state index contributed by atoms with van der Waals surface area (Å²) in [5, 5.41) is 2.94. The van der Waals surface area contributed by atoms with Gasteiger partial charge in [-0.25, -0.2) is 13.2 Å². The first-order chi connectivity index (χ1) is 12.3. The molecule has 144 valence electrons. The van der Waals surface area contributed by atoms with Crippen molar-refractivity contribution in [1.82, 2.24) is 5.32 Å². The number of ether oxygens (including phenoxy) is 1. The number of nitrogens with one attached hydrogen (secondary N) is 1. The van der Waals surface area contributed by atoms with Gasteiger partial charge in [-0.1, -0.05) is 44.7 Å². The van der Waals surface area contributed by atoms with E-state index in [4.69, 9.17) is 4.74 Å². The average Bonchev–Trinajstić information content (AvgIpc) is 2.90. The van der Waals surface area contributed by atoms with Gasteiger partial charge in [0.15, 0.2) is 15.9 Å². The molecule has 0 spiro atoms. The van der Waals surface area contributed by atoms with Gasteiger partial charge >= 0.3 is 5.97 Å². The molecule has 1 N–H and O–H groups in total. The van der Waals surface area contributed by atoms with Gasteiger partial charge in [0.2, 0.25) is 0 Å². The molecule has 0 bridgehead atoms. The van der Waals surface area contributed by atoms with Crippen molar-refractivity contribution in [3.8, 4) is 0 Å². The van der Waals surface area contributed by atoms with Crippen molar-refractivity contribution in [2.45, 2.75) is 69.4 Å². The van der Waals surface area contributed by atoms with Gasteiger partial charge in [-0.2, -0.15) is 0 Å². The maximum absolute atomic E-state index is 12.4. The quantitative estimate of drug-likeness (QED) is 0.604. The van der Waals surface area contributed by atoms with Crippen LogP contribution in [-0.4, -0.2) is 38.2 Å². The highest BCUT2D eigenvalue weighted by Gasteiger charge is 2.26. The summed E-state index contributed by atoms with van der Waals surface area (Å²) in [5.74, 6) is -1.27. The summed E-state index contributed by atoms with van der Waals surface area (Å²) in [6.07, 6.45) is 5.42. The number of esters is 1. The van der Waals surface area contributed by atoms with Gasteiger partial charge in [0.05, 0.1) is 16.2 Å². The minimum atomic E-state index is -3.56. The third-order valence-electron chi connectivity index (χ3n) is 4.68. The molecule has 1 aromatic carbocycles. The van der Waals surface area contributed by atoms with E-state index in [1.165, 1.54) is 38.8 Å². The number of hydrogen-bond acceptors (Lipinski definition) is 5. The highest BCUT2D eigenvalue weighted by Crippen LogP contribution is 2.19. The van der Waals surface area contributed by atoms with E-state index in [9.17, 15) is 18.0 Å². The van der Waals surface area contributed by atoms with Crippen molar-refractivity contribution in [2.75, 3.05) is 5.75 Å². The fraction of sp³-hybridized carbons (Fsp3) is 0.579. The van der Waals surface area contributed by atoms with E-state index >= 15 is 0 Å². The maximum atomic E-state index is 12.4. The van der Waals surface area contributed by atoms with Crippen molar-refractivity contribution in [3.05, 3.63) is 29.8 Å². The zero-order valence-corrected chi connectivity index (χ0v) is 16.2. The van der Waals surface area contributed by atoms with Crippen molar-refractivity contribution < 1.29 is 22.7 Å². The SMILES string of the molecule is CCS(=O)(=O)c1ccccc1C(=O)O[C@@H](C)C(=O)NC1CCCCCC1. The molecule has 6 nitrogen and oxygen atoms in total. The Morgan fingerprint density at radius 1 is 1.15 bits per heavy atom. The van der Waals surface area contributed by atoms with Gasteiger partial charge in [-0.05, 0) is 31.9 Å². The van der Waals surface area contributed by atoms with Crippen LogP contribution in [0.3, 0.4) is 0 Å². The molecule has 1 atom stereocenters. The Balaban J connectivity index is 2.04. The zero-order chi connectivity index (χ0) is 19.2. The summed E-state index contributed by atoms with van der Waals surface area (Å²) in [4.78, 5) is 24.7. The second-order valence-corrected chi connectivity index (χ2v) is 8.89. The molecular weight excluding hydrogens is 354 g/mol. The van der Waals surface area contributed by atoms with Crippen LogP contribution >= 0.6 is 0 Å². The Kier molecular flexibility index (Phi) is 7.20. The minimum Gasteiger partial charge on any atom is -0.449 e. The highest BCUT2D eigenvalue weighted by atomic mass is 32.2. The molecule has 2 rings (SSSR count). The molecule has 1 saturated carbocycles. The Morgan fingerprint density at radius 2 is 1.77 bits per heavy atom. The first-order valence-electron chi connectivity index (χ1n) is 9.18. The largest absolute Gasteiger partial charge is 0.449 e. The molecule has 0 aromatic heterocycles. The topological polar surface area (TPSA) is 89.5 Å². The first kappa shape index (κ1) is 20.4. The van der Waals surface area contributed by atoms with Crippen LogP contribution in [-0.2, 0) is 19.4 Å². The van der Waals surface area contributed by atoms with E-state index in [-0.39, 0.29) is 28.2 Å². The van der Waals surface area contributed by atoms with Crippen LogP contribution in [0.5, 0.6) is 0 Å². The summed E-state index contributed by atoms with van der Waals surface area (Å²) in [7, 11) is -3.56. The van der Waals surface area contributed by atoms with Crippen LogP contribution in [0.4, 0.5) is 0 Å². The minimum absolute atomic E-state index is 0.0385. The fourth-order valence-corrected chi connectivity index (χ4v) is 4.17. The van der Waals surface area contributed by atoms with Crippen LogP contribution in [0.15, 0.2) is 29.2 Å². The lowest BCUT2D eigenvalue weighted by atomic mass is 10.1. The number of carbonyl (C=O) groups excluding carboxylic acids is 2. The molecular formula is C19H27NO5S. The van der Waals surface area contributed by atoms with Gasteiger partial charge in [-0.15, -0.1) is 0 Å². The maximum Gasteiger partial charge on any atom is 0.340 e. The molecule has 26 heavy (non-hydrogen) atoms. The van der Waals surface area contributed by atoms with Gasteiger partial charge < -0.3 is 10.1 Å². The van der Waals surface area contributed by atoms with Crippen LogP contribution in [0.1, 0.15) is 62.7 Å². The van der Waals surface area contributed by atoms with E-state index in [1.54, 1.807) is 12.1 Å². The molecule has 1 aliphatic rings. The fourth-order valence-electron chi connectivity index (χ4n) is 3.08. The van der Waals surface area contributed by atoms with E-state index < -0.39 is 21.9 Å². The molecule has 0 aliphatic heterocycles. The third kappa shape index (κ3) is 5.30. The third-order valence-corrected chi connectivity index (χ3v) is 6.46. The molecule has 0 unspecified atom stereocenters. The molecule has 7 heteroatoms. The van der Waals surface area contributed by atoms with Gasteiger partial charge in [0, 0.05) is 6.04 Å². The lowest BCUT2D eigenvalue weighted by molar-refractivity contribution is -0.129. The number of carbonyl (C=O) groups is 2.